The predicted octanol–water partition coefficient (Wildman–Crippen LogP) is 17.2. The van der Waals surface area contributed by atoms with Gasteiger partial charge in [-0.15, -0.1) is 0 Å². The van der Waals surface area contributed by atoms with Crippen LogP contribution in [0.2, 0.25) is 0 Å². The van der Waals surface area contributed by atoms with Crippen molar-refractivity contribution in [3.05, 3.63) is 245 Å². The lowest BCUT2D eigenvalue weighted by atomic mass is 9.67. The Morgan fingerprint density at radius 1 is 0.369 bits per heavy atom. The fourth-order valence-corrected chi connectivity index (χ4v) is 12.2. The molecule has 0 atom stereocenters. The molecule has 0 N–H and O–H groups in total. The minimum Gasteiger partial charge on any atom is -0.309 e. The molecule has 1 heteroatoms. The highest BCUT2D eigenvalue weighted by atomic mass is 15.1. The van der Waals surface area contributed by atoms with Crippen LogP contribution in [0.1, 0.15) is 72.6 Å². The molecule has 0 aromatic heterocycles. The molecular formula is C64H49N. The topological polar surface area (TPSA) is 3.24 Å². The van der Waals surface area contributed by atoms with Gasteiger partial charge in [0.05, 0.1) is 11.4 Å². The first kappa shape index (κ1) is 38.0. The van der Waals surface area contributed by atoms with E-state index >= 15 is 0 Å². The molecule has 0 radical (unpaired) electrons. The van der Waals surface area contributed by atoms with E-state index in [4.69, 9.17) is 0 Å². The van der Waals surface area contributed by atoms with E-state index in [-0.39, 0.29) is 16.7 Å². The Labute approximate surface area is 381 Å². The number of benzene rings is 11. The number of hydrogen-bond donors (Lipinski definition) is 0. The number of anilines is 3. The van der Waals surface area contributed by atoms with Crippen LogP contribution >= 0.6 is 0 Å². The highest BCUT2D eigenvalue weighted by Crippen LogP contribution is 2.62. The largest absolute Gasteiger partial charge is 0.309 e. The van der Waals surface area contributed by atoms with Gasteiger partial charge in [-0.1, -0.05) is 210 Å². The molecule has 2 aliphatic rings. The Bertz CT molecular complexity index is 3590. The van der Waals surface area contributed by atoms with Crippen molar-refractivity contribution in [3.8, 4) is 11.1 Å². The van der Waals surface area contributed by atoms with Crippen molar-refractivity contribution in [3.63, 3.8) is 0 Å². The van der Waals surface area contributed by atoms with Crippen molar-refractivity contribution in [2.75, 3.05) is 4.90 Å². The van der Waals surface area contributed by atoms with Crippen LogP contribution in [0.3, 0.4) is 0 Å². The molecule has 2 aliphatic carbocycles. The smallest absolute Gasteiger partial charge is 0.0540 e. The minimum atomic E-state index is -0.267. The van der Waals surface area contributed by atoms with Crippen LogP contribution in [0, 0.1) is 0 Å². The molecule has 0 unspecified atom stereocenters. The second kappa shape index (κ2) is 14.0. The average molecular weight is 832 g/mol. The zero-order chi connectivity index (χ0) is 43.6. The van der Waals surface area contributed by atoms with Crippen molar-refractivity contribution >= 4 is 70.9 Å². The standard InChI is InChI=1S/C64H49N/c1-63(2)54-33-17-30-50-44(36-53(51-31-13-22-40-18-5-9-26-46(40)51)52-32-14-23-41-19-6-10-27-47(41)52)37-55-62(60(50)54)61-56(63)38-45(39-57(61)64(55,3)4)65(58-34-15-24-42-20-7-11-28-48(42)58)59-35-16-25-43-21-8-12-29-49(43)59/h5-35,37-39,53H,36H2,1-4H3. The van der Waals surface area contributed by atoms with Crippen LogP contribution in [-0.4, -0.2) is 0 Å². The third-order valence-corrected chi connectivity index (χ3v) is 15.4. The summed E-state index contributed by atoms with van der Waals surface area (Å²) in [6.07, 6.45) is 0.885. The summed E-state index contributed by atoms with van der Waals surface area (Å²) in [5, 5.41) is 13.0. The van der Waals surface area contributed by atoms with Gasteiger partial charge in [0, 0.05) is 33.2 Å². The Morgan fingerprint density at radius 2 is 0.769 bits per heavy atom. The lowest BCUT2D eigenvalue weighted by Gasteiger charge is -2.37. The monoisotopic (exact) mass is 831 g/mol. The van der Waals surface area contributed by atoms with E-state index in [9.17, 15) is 0 Å². The third kappa shape index (κ3) is 5.52. The Balaban J connectivity index is 1.06. The molecule has 0 saturated carbocycles. The summed E-state index contributed by atoms with van der Waals surface area (Å²) >= 11 is 0. The highest BCUT2D eigenvalue weighted by molar-refractivity contribution is 6.11. The van der Waals surface area contributed by atoms with Gasteiger partial charge in [0.1, 0.15) is 0 Å². The predicted molar refractivity (Wildman–Crippen MR) is 277 cm³/mol. The summed E-state index contributed by atoms with van der Waals surface area (Å²) in [4.78, 5) is 2.55. The summed E-state index contributed by atoms with van der Waals surface area (Å²) in [6, 6.07) is 77.8. The lowest BCUT2D eigenvalue weighted by Crippen LogP contribution is -2.25. The van der Waals surface area contributed by atoms with E-state index in [0.717, 1.165) is 6.42 Å². The minimum absolute atomic E-state index is 0.136. The van der Waals surface area contributed by atoms with Crippen LogP contribution in [0.4, 0.5) is 17.1 Å². The fourth-order valence-electron chi connectivity index (χ4n) is 12.2. The van der Waals surface area contributed by atoms with E-state index in [0.29, 0.717) is 0 Å². The molecule has 0 fully saturated rings. The number of rotatable bonds is 7. The van der Waals surface area contributed by atoms with Crippen LogP contribution < -0.4 is 4.90 Å². The van der Waals surface area contributed by atoms with E-state index in [1.165, 1.54) is 121 Å². The van der Waals surface area contributed by atoms with Gasteiger partial charge >= 0.3 is 0 Å². The number of fused-ring (bicyclic) bond motifs is 4. The summed E-state index contributed by atoms with van der Waals surface area (Å²) in [7, 11) is 0. The van der Waals surface area contributed by atoms with Gasteiger partial charge < -0.3 is 4.90 Å². The van der Waals surface area contributed by atoms with E-state index < -0.39 is 0 Å². The zero-order valence-electron chi connectivity index (χ0n) is 37.4. The molecule has 0 bridgehead atoms. The Kier molecular flexibility index (Phi) is 8.19. The first-order valence-corrected chi connectivity index (χ1v) is 23.3. The number of hydrogen-bond acceptors (Lipinski definition) is 1. The SMILES string of the molecule is CC1(C)c2cc(N(c3cccc4ccccc34)c3cccc4ccccc34)cc3c2-c2c1cc(CC(c1cccc4ccccc14)c1cccc4ccccc14)c1cccc(c21)C3(C)C. The van der Waals surface area contributed by atoms with Gasteiger partial charge in [-0.2, -0.15) is 0 Å². The van der Waals surface area contributed by atoms with Crippen LogP contribution in [-0.2, 0) is 17.3 Å². The normalized spacial score (nSPS) is 14.3. The molecule has 13 rings (SSSR count). The summed E-state index contributed by atoms with van der Waals surface area (Å²) < 4.78 is 0. The molecule has 0 amide bonds. The first-order valence-electron chi connectivity index (χ1n) is 23.3. The van der Waals surface area contributed by atoms with Crippen molar-refractivity contribution in [2.45, 2.75) is 50.9 Å². The maximum absolute atomic E-state index is 2.62. The molecule has 310 valence electrons. The first-order chi connectivity index (χ1) is 31.8. The van der Waals surface area contributed by atoms with Gasteiger partial charge in [-0.05, 0) is 124 Å². The van der Waals surface area contributed by atoms with Crippen LogP contribution in [0.25, 0.3) is 65.0 Å². The molecule has 65 heavy (non-hydrogen) atoms. The second-order valence-electron chi connectivity index (χ2n) is 19.6. The molecule has 0 spiro atoms. The summed E-state index contributed by atoms with van der Waals surface area (Å²) in [6.45, 7) is 9.90. The fraction of sp³-hybridized carbons (Fsp3) is 0.125. The summed E-state index contributed by atoms with van der Waals surface area (Å²) in [5.41, 5.74) is 15.8. The van der Waals surface area contributed by atoms with E-state index in [1.807, 2.05) is 0 Å². The third-order valence-electron chi connectivity index (χ3n) is 15.4. The maximum Gasteiger partial charge on any atom is 0.0540 e. The van der Waals surface area contributed by atoms with Crippen molar-refractivity contribution in [1.29, 1.82) is 0 Å². The zero-order valence-corrected chi connectivity index (χ0v) is 37.4. The van der Waals surface area contributed by atoms with E-state index in [2.05, 4.69) is 239 Å². The molecule has 1 nitrogen and oxygen atoms in total. The summed E-state index contributed by atoms with van der Waals surface area (Å²) in [5.74, 6) is 0.136. The molecule has 0 heterocycles. The second-order valence-corrected chi connectivity index (χ2v) is 19.6. The van der Waals surface area contributed by atoms with Crippen LogP contribution in [0.5, 0.6) is 0 Å². The van der Waals surface area contributed by atoms with Crippen molar-refractivity contribution < 1.29 is 0 Å². The molecular weight excluding hydrogens is 783 g/mol. The Morgan fingerprint density at radius 3 is 1.31 bits per heavy atom. The highest BCUT2D eigenvalue weighted by Gasteiger charge is 2.46. The van der Waals surface area contributed by atoms with Gasteiger partial charge in [0.15, 0.2) is 0 Å². The molecule has 0 saturated heterocycles. The van der Waals surface area contributed by atoms with Crippen molar-refractivity contribution in [2.24, 2.45) is 0 Å². The van der Waals surface area contributed by atoms with Gasteiger partial charge in [0.2, 0.25) is 0 Å². The average Bonchev–Trinajstić information content (AvgIpc) is 3.57. The van der Waals surface area contributed by atoms with Crippen molar-refractivity contribution in [1.82, 2.24) is 0 Å². The Hall–Kier alpha value is -7.48. The number of nitrogens with zero attached hydrogens (tertiary/aromatic N) is 1. The molecule has 11 aromatic carbocycles. The van der Waals surface area contributed by atoms with Gasteiger partial charge in [0.25, 0.3) is 0 Å². The lowest BCUT2D eigenvalue weighted by molar-refractivity contribution is 0.639. The van der Waals surface area contributed by atoms with Crippen LogP contribution in [0.15, 0.2) is 206 Å². The quantitative estimate of drug-likeness (QED) is 0.155. The maximum atomic E-state index is 2.62. The van der Waals surface area contributed by atoms with Gasteiger partial charge in [-0.3, -0.25) is 0 Å². The molecule has 11 aromatic rings. The van der Waals surface area contributed by atoms with Gasteiger partial charge in [-0.25, -0.2) is 0 Å². The van der Waals surface area contributed by atoms with E-state index in [1.54, 1.807) is 0 Å². The molecule has 0 aliphatic heterocycles.